The Bertz CT molecular complexity index is 498. The molecular weight excluding hydrogens is 234 g/mol. The van der Waals surface area contributed by atoms with Crippen molar-refractivity contribution in [2.75, 3.05) is 18.0 Å². The van der Waals surface area contributed by atoms with Gasteiger partial charge in [-0.15, -0.1) is 0 Å². The van der Waals surface area contributed by atoms with Crippen LogP contribution in [0.2, 0.25) is 0 Å². The molecule has 0 atom stereocenters. The van der Waals surface area contributed by atoms with E-state index in [-0.39, 0.29) is 0 Å². The van der Waals surface area contributed by atoms with Gasteiger partial charge >= 0.3 is 0 Å². The molecular formula is C16H17N3. The summed E-state index contributed by atoms with van der Waals surface area (Å²) in [4.78, 5) is 10.9. The van der Waals surface area contributed by atoms with Crippen molar-refractivity contribution in [3.8, 4) is 0 Å². The molecule has 19 heavy (non-hydrogen) atoms. The third kappa shape index (κ3) is 1.81. The second kappa shape index (κ2) is 4.05. The van der Waals surface area contributed by atoms with Crippen LogP contribution in [0.25, 0.3) is 0 Å². The molecule has 96 valence electrons. The maximum Gasteiger partial charge on any atom is 0.225 e. The molecule has 1 aromatic carbocycles. The Labute approximate surface area is 113 Å². The highest BCUT2D eigenvalue weighted by Crippen LogP contribution is 2.56. The lowest BCUT2D eigenvalue weighted by Gasteiger charge is -2.59. The van der Waals surface area contributed by atoms with Gasteiger partial charge in [0.2, 0.25) is 5.95 Å². The minimum Gasteiger partial charge on any atom is -0.340 e. The molecule has 3 nitrogen and oxygen atoms in total. The minimum atomic E-state index is 0.541. The molecule has 2 aliphatic rings. The summed E-state index contributed by atoms with van der Waals surface area (Å²) >= 11 is 0. The van der Waals surface area contributed by atoms with Crippen molar-refractivity contribution in [3.63, 3.8) is 0 Å². The van der Waals surface area contributed by atoms with E-state index >= 15 is 0 Å². The average Bonchev–Trinajstić information content (AvgIpc) is 2.38. The van der Waals surface area contributed by atoms with Gasteiger partial charge in [0.05, 0.1) is 0 Å². The van der Waals surface area contributed by atoms with Crippen molar-refractivity contribution < 1.29 is 0 Å². The van der Waals surface area contributed by atoms with Crippen molar-refractivity contribution in [3.05, 3.63) is 54.4 Å². The highest BCUT2D eigenvalue weighted by atomic mass is 15.3. The normalized spacial score (nSPS) is 20.9. The topological polar surface area (TPSA) is 29.0 Å². The van der Waals surface area contributed by atoms with Crippen LogP contribution in [0.15, 0.2) is 48.8 Å². The molecule has 1 saturated carbocycles. The first-order chi connectivity index (χ1) is 9.35. The predicted molar refractivity (Wildman–Crippen MR) is 75.1 cm³/mol. The van der Waals surface area contributed by atoms with E-state index in [4.69, 9.17) is 0 Å². The van der Waals surface area contributed by atoms with Gasteiger partial charge in [0.1, 0.15) is 0 Å². The van der Waals surface area contributed by atoms with Crippen LogP contribution < -0.4 is 4.90 Å². The SMILES string of the molecule is c1ccc(C2CC3(C2)CN(c2ncccn2)C3)cc1. The molecule has 0 N–H and O–H groups in total. The first kappa shape index (κ1) is 11.0. The summed E-state index contributed by atoms with van der Waals surface area (Å²) in [5.74, 6) is 1.65. The molecule has 0 amide bonds. The summed E-state index contributed by atoms with van der Waals surface area (Å²) < 4.78 is 0. The molecule has 0 radical (unpaired) electrons. The van der Waals surface area contributed by atoms with E-state index in [1.165, 1.54) is 18.4 Å². The van der Waals surface area contributed by atoms with Gasteiger partial charge < -0.3 is 4.90 Å². The van der Waals surface area contributed by atoms with E-state index in [1.807, 2.05) is 18.5 Å². The van der Waals surface area contributed by atoms with Crippen LogP contribution in [-0.4, -0.2) is 23.1 Å². The first-order valence-electron chi connectivity index (χ1n) is 6.92. The van der Waals surface area contributed by atoms with Crippen molar-refractivity contribution in [1.29, 1.82) is 0 Å². The number of benzene rings is 1. The van der Waals surface area contributed by atoms with E-state index in [9.17, 15) is 0 Å². The quantitative estimate of drug-likeness (QED) is 0.822. The number of hydrogen-bond donors (Lipinski definition) is 0. The Hall–Kier alpha value is -1.90. The summed E-state index contributed by atoms with van der Waals surface area (Å²) in [7, 11) is 0. The standard InChI is InChI=1S/C16H17N3/c1-2-5-13(6-3-1)14-9-16(10-14)11-19(12-16)15-17-7-4-8-18-15/h1-8,14H,9-12H2. The van der Waals surface area contributed by atoms with Gasteiger partial charge in [-0.2, -0.15) is 0 Å². The number of aromatic nitrogens is 2. The highest BCUT2D eigenvalue weighted by Gasteiger charge is 2.53. The zero-order chi connectivity index (χ0) is 12.7. The van der Waals surface area contributed by atoms with Gasteiger partial charge in [-0.3, -0.25) is 0 Å². The van der Waals surface area contributed by atoms with Gasteiger partial charge in [-0.05, 0) is 30.4 Å². The van der Waals surface area contributed by atoms with Gasteiger partial charge in [-0.25, -0.2) is 9.97 Å². The monoisotopic (exact) mass is 251 g/mol. The summed E-state index contributed by atoms with van der Waals surface area (Å²) in [5, 5.41) is 0. The van der Waals surface area contributed by atoms with Crippen molar-refractivity contribution in [2.45, 2.75) is 18.8 Å². The highest BCUT2D eigenvalue weighted by molar-refractivity contribution is 5.38. The third-order valence-electron chi connectivity index (χ3n) is 4.52. The zero-order valence-corrected chi connectivity index (χ0v) is 10.9. The van der Waals surface area contributed by atoms with E-state index in [2.05, 4.69) is 45.2 Å². The van der Waals surface area contributed by atoms with E-state index in [0.29, 0.717) is 5.41 Å². The lowest BCUT2D eigenvalue weighted by atomic mass is 9.56. The molecule has 4 rings (SSSR count). The second-order valence-corrected chi connectivity index (χ2v) is 5.92. The maximum atomic E-state index is 4.32. The Morgan fingerprint density at radius 2 is 1.63 bits per heavy atom. The first-order valence-corrected chi connectivity index (χ1v) is 6.92. The van der Waals surface area contributed by atoms with E-state index < -0.39 is 0 Å². The molecule has 1 saturated heterocycles. The molecule has 3 heteroatoms. The molecule has 2 heterocycles. The molecule has 0 bridgehead atoms. The number of nitrogens with zero attached hydrogens (tertiary/aromatic N) is 3. The lowest BCUT2D eigenvalue weighted by Crippen LogP contribution is -2.62. The number of anilines is 1. The molecule has 1 spiro atoms. The van der Waals surface area contributed by atoms with Crippen LogP contribution in [-0.2, 0) is 0 Å². The van der Waals surface area contributed by atoms with Gasteiger partial charge in [0.25, 0.3) is 0 Å². The Kier molecular flexibility index (Phi) is 2.34. The predicted octanol–water partition coefficient (Wildman–Crippen LogP) is 2.86. The van der Waals surface area contributed by atoms with Crippen LogP contribution in [0.1, 0.15) is 24.3 Å². The van der Waals surface area contributed by atoms with Gasteiger partial charge in [-0.1, -0.05) is 30.3 Å². The second-order valence-electron chi connectivity index (χ2n) is 5.92. The van der Waals surface area contributed by atoms with Crippen molar-refractivity contribution >= 4 is 5.95 Å². The van der Waals surface area contributed by atoms with Crippen molar-refractivity contribution in [1.82, 2.24) is 9.97 Å². The molecule has 1 aliphatic heterocycles. The summed E-state index contributed by atoms with van der Waals surface area (Å²) in [6, 6.07) is 12.8. The summed E-state index contributed by atoms with van der Waals surface area (Å²) in [5.41, 5.74) is 2.04. The number of rotatable bonds is 2. The lowest BCUT2D eigenvalue weighted by molar-refractivity contribution is 0.0620. The van der Waals surface area contributed by atoms with Crippen LogP contribution in [0.3, 0.4) is 0 Å². The van der Waals surface area contributed by atoms with Gasteiger partial charge in [0.15, 0.2) is 0 Å². The van der Waals surface area contributed by atoms with Crippen LogP contribution >= 0.6 is 0 Å². The van der Waals surface area contributed by atoms with E-state index in [0.717, 1.165) is 25.0 Å². The maximum absolute atomic E-state index is 4.32. The minimum absolute atomic E-state index is 0.541. The molecule has 2 fully saturated rings. The fourth-order valence-electron chi connectivity index (χ4n) is 3.56. The zero-order valence-electron chi connectivity index (χ0n) is 10.9. The van der Waals surface area contributed by atoms with Crippen molar-refractivity contribution in [2.24, 2.45) is 5.41 Å². The Morgan fingerprint density at radius 1 is 0.947 bits per heavy atom. The third-order valence-corrected chi connectivity index (χ3v) is 4.52. The summed E-state index contributed by atoms with van der Waals surface area (Å²) in [6.07, 6.45) is 6.28. The molecule has 0 unspecified atom stereocenters. The smallest absolute Gasteiger partial charge is 0.225 e. The summed E-state index contributed by atoms with van der Waals surface area (Å²) in [6.45, 7) is 2.25. The van der Waals surface area contributed by atoms with Crippen LogP contribution in [0.4, 0.5) is 5.95 Å². The van der Waals surface area contributed by atoms with Gasteiger partial charge in [0, 0.05) is 30.9 Å². The Morgan fingerprint density at radius 3 is 2.32 bits per heavy atom. The fraction of sp³-hybridized carbons (Fsp3) is 0.375. The molecule has 1 aliphatic carbocycles. The largest absolute Gasteiger partial charge is 0.340 e. The van der Waals surface area contributed by atoms with Crippen LogP contribution in [0.5, 0.6) is 0 Å². The number of hydrogen-bond acceptors (Lipinski definition) is 3. The van der Waals surface area contributed by atoms with Crippen LogP contribution in [0, 0.1) is 5.41 Å². The fourth-order valence-corrected chi connectivity index (χ4v) is 3.56. The Balaban J connectivity index is 1.38. The molecule has 1 aromatic heterocycles. The average molecular weight is 251 g/mol. The van der Waals surface area contributed by atoms with E-state index in [1.54, 1.807) is 0 Å². The molecule has 2 aromatic rings.